The largest absolute Gasteiger partial charge is 0.475 e. The Labute approximate surface area is 201 Å². The highest BCUT2D eigenvalue weighted by Gasteiger charge is 2.29. The standard InChI is InChI=1S/C24H35BN4O5/c1-17(2)14-20(16-26)23(31)27-13-9-5-8-12-21(28-18(3)30)24(32)29-22(25(33)34)15-19-10-6-4-7-11-19/h4,6-7,10-11,14,17,21-22,33-34H,5,8-9,12-13,15H2,1-3H3,(H,27,31)(H,28,30)(H,29,32)/b20-14+/t21-,22-/m0/s1. The zero-order chi connectivity index (χ0) is 25.5. The van der Waals surface area contributed by atoms with Gasteiger partial charge in [-0.15, -0.1) is 0 Å². The Morgan fingerprint density at radius 1 is 1.09 bits per heavy atom. The van der Waals surface area contributed by atoms with Gasteiger partial charge >= 0.3 is 7.12 Å². The minimum Gasteiger partial charge on any atom is -0.426 e. The molecule has 0 saturated carbocycles. The molecule has 0 radical (unpaired) electrons. The molecule has 0 bridgehead atoms. The van der Waals surface area contributed by atoms with E-state index in [-0.39, 0.29) is 23.8 Å². The van der Waals surface area contributed by atoms with Crippen LogP contribution in [0.15, 0.2) is 42.0 Å². The summed E-state index contributed by atoms with van der Waals surface area (Å²) in [5.74, 6) is -2.09. The molecule has 0 fully saturated rings. The van der Waals surface area contributed by atoms with Crippen LogP contribution in [-0.2, 0) is 20.8 Å². The van der Waals surface area contributed by atoms with Crippen molar-refractivity contribution in [2.24, 2.45) is 5.92 Å². The summed E-state index contributed by atoms with van der Waals surface area (Å²) < 4.78 is 0. The normalized spacial score (nSPS) is 12.9. The van der Waals surface area contributed by atoms with E-state index in [4.69, 9.17) is 5.26 Å². The molecule has 0 aliphatic heterocycles. The Morgan fingerprint density at radius 3 is 2.32 bits per heavy atom. The Hall–Kier alpha value is -3.16. The van der Waals surface area contributed by atoms with Crippen LogP contribution in [0, 0.1) is 17.2 Å². The topological polar surface area (TPSA) is 152 Å². The fourth-order valence-corrected chi connectivity index (χ4v) is 3.34. The van der Waals surface area contributed by atoms with Crippen LogP contribution in [0.5, 0.6) is 0 Å². The monoisotopic (exact) mass is 470 g/mol. The molecule has 3 amide bonds. The lowest BCUT2D eigenvalue weighted by Gasteiger charge is -2.23. The first-order valence-corrected chi connectivity index (χ1v) is 11.5. The highest BCUT2D eigenvalue weighted by molar-refractivity contribution is 6.43. The highest BCUT2D eigenvalue weighted by Crippen LogP contribution is 2.08. The van der Waals surface area contributed by atoms with Gasteiger partial charge in [-0.05, 0) is 30.7 Å². The maximum Gasteiger partial charge on any atom is 0.475 e. The van der Waals surface area contributed by atoms with Crippen molar-refractivity contribution in [1.29, 1.82) is 5.26 Å². The van der Waals surface area contributed by atoms with Gasteiger partial charge in [-0.1, -0.05) is 63.1 Å². The predicted molar refractivity (Wildman–Crippen MR) is 130 cm³/mol. The maximum atomic E-state index is 12.7. The number of hydrogen-bond acceptors (Lipinski definition) is 6. The van der Waals surface area contributed by atoms with Crippen LogP contribution in [-0.4, -0.2) is 53.4 Å². The van der Waals surface area contributed by atoms with Gasteiger partial charge < -0.3 is 26.0 Å². The van der Waals surface area contributed by atoms with E-state index in [1.54, 1.807) is 6.08 Å². The fourth-order valence-electron chi connectivity index (χ4n) is 3.34. The van der Waals surface area contributed by atoms with E-state index in [1.165, 1.54) is 6.92 Å². The number of benzene rings is 1. The summed E-state index contributed by atoms with van der Waals surface area (Å²) in [5.41, 5.74) is 0.926. The molecule has 0 unspecified atom stereocenters. The maximum absolute atomic E-state index is 12.7. The van der Waals surface area contributed by atoms with Gasteiger partial charge in [0.05, 0.1) is 5.94 Å². The zero-order valence-electron chi connectivity index (χ0n) is 20.1. The molecular weight excluding hydrogens is 435 g/mol. The summed E-state index contributed by atoms with van der Waals surface area (Å²) in [7, 11) is -1.76. The molecule has 1 rings (SSSR count). The van der Waals surface area contributed by atoms with Crippen LogP contribution >= 0.6 is 0 Å². The number of rotatable bonds is 14. The van der Waals surface area contributed by atoms with Crippen molar-refractivity contribution in [3.05, 3.63) is 47.5 Å². The van der Waals surface area contributed by atoms with Crippen molar-refractivity contribution < 1.29 is 24.4 Å². The molecule has 0 saturated heterocycles. The van der Waals surface area contributed by atoms with Crippen LogP contribution in [0.2, 0.25) is 0 Å². The Balaban J connectivity index is 2.54. The zero-order valence-corrected chi connectivity index (χ0v) is 20.1. The van der Waals surface area contributed by atoms with E-state index >= 15 is 0 Å². The Morgan fingerprint density at radius 2 is 1.76 bits per heavy atom. The molecule has 2 atom stereocenters. The number of carbonyl (C=O) groups is 3. The number of unbranched alkanes of at least 4 members (excludes halogenated alkanes) is 2. The third-order valence-electron chi connectivity index (χ3n) is 5.00. The lowest BCUT2D eigenvalue weighted by molar-refractivity contribution is -0.128. The van der Waals surface area contributed by atoms with E-state index in [2.05, 4.69) is 16.0 Å². The number of nitrogens with one attached hydrogen (secondary N) is 3. The number of nitriles is 1. The van der Waals surface area contributed by atoms with E-state index in [0.29, 0.717) is 32.2 Å². The van der Waals surface area contributed by atoms with Crippen LogP contribution in [0.3, 0.4) is 0 Å². The van der Waals surface area contributed by atoms with Crippen LogP contribution in [0.1, 0.15) is 52.0 Å². The van der Waals surface area contributed by atoms with Crippen LogP contribution in [0.4, 0.5) is 0 Å². The van der Waals surface area contributed by atoms with Crippen LogP contribution < -0.4 is 16.0 Å². The van der Waals surface area contributed by atoms with E-state index in [1.807, 2.05) is 50.2 Å². The quantitative estimate of drug-likeness (QED) is 0.119. The van der Waals surface area contributed by atoms with Crippen molar-refractivity contribution in [1.82, 2.24) is 16.0 Å². The number of hydrogen-bond donors (Lipinski definition) is 5. The van der Waals surface area contributed by atoms with Crippen molar-refractivity contribution in [3.8, 4) is 6.07 Å². The van der Waals surface area contributed by atoms with Gasteiger partial charge in [0, 0.05) is 13.5 Å². The molecule has 1 aromatic rings. The summed E-state index contributed by atoms with van der Waals surface area (Å²) in [6, 6.07) is 10.2. The van der Waals surface area contributed by atoms with Crippen molar-refractivity contribution in [2.45, 2.75) is 64.9 Å². The van der Waals surface area contributed by atoms with E-state index in [9.17, 15) is 24.4 Å². The second-order valence-electron chi connectivity index (χ2n) is 8.51. The molecule has 1 aromatic carbocycles. The first-order valence-electron chi connectivity index (χ1n) is 11.5. The second kappa shape index (κ2) is 15.6. The summed E-state index contributed by atoms with van der Waals surface area (Å²) in [5, 5.41) is 36.4. The van der Waals surface area contributed by atoms with Crippen molar-refractivity contribution in [2.75, 3.05) is 6.54 Å². The SMILES string of the molecule is CC(=O)N[C@@H](CCCCCNC(=O)/C(C#N)=C/C(C)C)C(=O)N[C@@H](Cc1ccccc1)B(O)O. The summed E-state index contributed by atoms with van der Waals surface area (Å²) in [6.45, 7) is 5.48. The Bertz CT molecular complexity index is 868. The summed E-state index contributed by atoms with van der Waals surface area (Å²) >= 11 is 0. The summed E-state index contributed by atoms with van der Waals surface area (Å²) in [4.78, 5) is 36.3. The highest BCUT2D eigenvalue weighted by atomic mass is 16.4. The predicted octanol–water partition coefficient (Wildman–Crippen LogP) is 1.01. The minimum absolute atomic E-state index is 0.0912. The third-order valence-corrected chi connectivity index (χ3v) is 5.00. The van der Waals surface area contributed by atoms with Gasteiger partial charge in [0.1, 0.15) is 17.7 Å². The van der Waals surface area contributed by atoms with E-state index in [0.717, 1.165) is 5.56 Å². The minimum atomic E-state index is -1.76. The molecule has 184 valence electrons. The van der Waals surface area contributed by atoms with Gasteiger partial charge in [-0.25, -0.2) is 0 Å². The molecule has 5 N–H and O–H groups in total. The molecule has 0 aromatic heterocycles. The molecule has 0 aliphatic rings. The lowest BCUT2D eigenvalue weighted by atomic mass is 9.75. The number of allylic oxidation sites excluding steroid dienone is 1. The first-order chi connectivity index (χ1) is 16.1. The fraction of sp³-hybridized carbons (Fsp3) is 0.500. The molecule has 0 aliphatic carbocycles. The average Bonchev–Trinajstić information content (AvgIpc) is 2.78. The van der Waals surface area contributed by atoms with E-state index < -0.39 is 30.9 Å². The Kier molecular flexibility index (Phi) is 13.3. The van der Waals surface area contributed by atoms with Crippen LogP contribution in [0.25, 0.3) is 0 Å². The smallest absolute Gasteiger partial charge is 0.426 e. The third kappa shape index (κ3) is 11.6. The number of carbonyl (C=O) groups excluding carboxylic acids is 3. The molecular formula is C24H35BN4O5. The lowest BCUT2D eigenvalue weighted by Crippen LogP contribution is -2.54. The molecule has 10 heteroatoms. The molecule has 9 nitrogen and oxygen atoms in total. The second-order valence-corrected chi connectivity index (χ2v) is 8.51. The van der Waals surface area contributed by atoms with Gasteiger partial charge in [-0.3, -0.25) is 14.4 Å². The number of nitrogens with zero attached hydrogens (tertiary/aromatic N) is 1. The van der Waals surface area contributed by atoms with Gasteiger partial charge in [0.15, 0.2) is 0 Å². The number of amides is 3. The van der Waals surface area contributed by atoms with Crippen molar-refractivity contribution >= 4 is 24.8 Å². The first kappa shape index (κ1) is 28.9. The molecule has 34 heavy (non-hydrogen) atoms. The van der Waals surface area contributed by atoms with Gasteiger partial charge in [0.2, 0.25) is 11.8 Å². The average molecular weight is 470 g/mol. The van der Waals surface area contributed by atoms with Gasteiger partial charge in [0.25, 0.3) is 5.91 Å². The summed E-state index contributed by atoms with van der Waals surface area (Å²) in [6.07, 6.45) is 4.14. The molecule has 0 spiro atoms. The van der Waals surface area contributed by atoms with Crippen molar-refractivity contribution in [3.63, 3.8) is 0 Å². The molecule has 0 heterocycles. The van der Waals surface area contributed by atoms with Gasteiger partial charge in [-0.2, -0.15) is 5.26 Å².